The molecule has 49 heavy (non-hydrogen) atoms. The minimum Gasteiger partial charge on any atom is -0.463 e. The van der Waals surface area contributed by atoms with Gasteiger partial charge in [0.1, 0.15) is 36.4 Å². The second kappa shape index (κ2) is 16.9. The van der Waals surface area contributed by atoms with Gasteiger partial charge in [0.05, 0.1) is 5.56 Å². The van der Waals surface area contributed by atoms with Crippen LogP contribution in [0.25, 0.3) is 0 Å². The molecule has 4 rings (SSSR count). The summed E-state index contributed by atoms with van der Waals surface area (Å²) in [5, 5.41) is 0. The van der Waals surface area contributed by atoms with E-state index in [2.05, 4.69) is 0 Å². The van der Waals surface area contributed by atoms with E-state index in [4.69, 9.17) is 37.9 Å². The molecular weight excluding hydrogens is 644 g/mol. The third-order valence-electron chi connectivity index (χ3n) is 6.83. The Morgan fingerprint density at radius 3 is 1.86 bits per heavy atom. The molecular formula is C35H34O14. The number of hydrogen-bond donors (Lipinski definition) is 0. The van der Waals surface area contributed by atoms with Crippen molar-refractivity contribution in [2.75, 3.05) is 6.61 Å². The van der Waals surface area contributed by atoms with Crippen molar-refractivity contribution in [3.63, 3.8) is 0 Å². The molecule has 14 heteroatoms. The van der Waals surface area contributed by atoms with Gasteiger partial charge in [-0.15, -0.1) is 0 Å². The topological polar surface area (TPSA) is 176 Å². The molecule has 1 aliphatic rings. The van der Waals surface area contributed by atoms with Crippen molar-refractivity contribution in [1.82, 2.24) is 0 Å². The molecule has 3 aromatic carbocycles. The first-order valence-corrected chi connectivity index (χ1v) is 15.0. The molecule has 3 aromatic rings. The lowest BCUT2D eigenvalue weighted by Gasteiger charge is -2.44. The SMILES string of the molecule is CC(=O)OCC1OC(Oc2ccccc2COC(=O)c2ccccc2OC(C)=O)C(OC(=O)c2ccccc2)C(OC(C)=O)C1OC(C)=O. The minimum atomic E-state index is -1.55. The van der Waals surface area contributed by atoms with Crippen molar-refractivity contribution < 1.29 is 66.7 Å². The zero-order valence-electron chi connectivity index (χ0n) is 27.0. The van der Waals surface area contributed by atoms with Crippen LogP contribution in [0.4, 0.5) is 0 Å². The van der Waals surface area contributed by atoms with Gasteiger partial charge in [0.15, 0.2) is 12.2 Å². The predicted octanol–water partition coefficient (Wildman–Crippen LogP) is 3.72. The van der Waals surface area contributed by atoms with E-state index in [0.717, 1.165) is 20.8 Å². The van der Waals surface area contributed by atoms with Crippen molar-refractivity contribution >= 4 is 35.8 Å². The van der Waals surface area contributed by atoms with Crippen molar-refractivity contribution in [3.05, 3.63) is 95.6 Å². The van der Waals surface area contributed by atoms with Gasteiger partial charge in [-0.1, -0.05) is 48.5 Å². The maximum Gasteiger partial charge on any atom is 0.342 e. The molecule has 1 heterocycles. The molecule has 0 aliphatic carbocycles. The van der Waals surface area contributed by atoms with Crippen LogP contribution in [-0.2, 0) is 54.2 Å². The maximum absolute atomic E-state index is 13.3. The second-order valence-electron chi connectivity index (χ2n) is 10.6. The van der Waals surface area contributed by atoms with E-state index in [1.54, 1.807) is 48.5 Å². The quantitative estimate of drug-likeness (QED) is 0.154. The smallest absolute Gasteiger partial charge is 0.342 e. The summed E-state index contributed by atoms with van der Waals surface area (Å²) in [4.78, 5) is 74.0. The van der Waals surface area contributed by atoms with E-state index in [1.807, 2.05) is 0 Å². The molecule has 0 bridgehead atoms. The molecule has 14 nitrogen and oxygen atoms in total. The summed E-state index contributed by atoms with van der Waals surface area (Å²) < 4.78 is 44.9. The van der Waals surface area contributed by atoms with Gasteiger partial charge in [-0.05, 0) is 30.3 Å². The van der Waals surface area contributed by atoms with E-state index in [-0.39, 0.29) is 29.2 Å². The Morgan fingerprint density at radius 2 is 1.20 bits per heavy atom. The lowest BCUT2D eigenvalue weighted by molar-refractivity contribution is -0.284. The summed E-state index contributed by atoms with van der Waals surface area (Å²) in [6.07, 6.45) is -7.23. The normalized spacial score (nSPS) is 19.8. The van der Waals surface area contributed by atoms with Crippen LogP contribution in [0.5, 0.6) is 11.5 Å². The second-order valence-corrected chi connectivity index (χ2v) is 10.6. The fraction of sp³-hybridized carbons (Fsp3) is 0.314. The van der Waals surface area contributed by atoms with Crippen LogP contribution in [0.2, 0.25) is 0 Å². The summed E-state index contributed by atoms with van der Waals surface area (Å²) >= 11 is 0. The van der Waals surface area contributed by atoms with Crippen LogP contribution in [-0.4, -0.2) is 73.1 Å². The third-order valence-corrected chi connectivity index (χ3v) is 6.83. The molecule has 258 valence electrons. The molecule has 5 unspecified atom stereocenters. The van der Waals surface area contributed by atoms with E-state index in [9.17, 15) is 28.8 Å². The first-order chi connectivity index (χ1) is 23.4. The maximum atomic E-state index is 13.3. The molecule has 1 saturated heterocycles. The predicted molar refractivity (Wildman–Crippen MR) is 166 cm³/mol. The summed E-state index contributed by atoms with van der Waals surface area (Å²) in [7, 11) is 0. The van der Waals surface area contributed by atoms with Crippen LogP contribution >= 0.6 is 0 Å². The molecule has 0 radical (unpaired) electrons. The molecule has 0 aromatic heterocycles. The fourth-order valence-corrected chi connectivity index (χ4v) is 4.82. The minimum absolute atomic E-state index is 0.00801. The molecule has 0 amide bonds. The number of para-hydroxylation sites is 2. The first-order valence-electron chi connectivity index (χ1n) is 15.0. The molecule has 1 aliphatic heterocycles. The number of esters is 6. The number of hydrogen-bond acceptors (Lipinski definition) is 14. The number of benzene rings is 3. The third kappa shape index (κ3) is 10.1. The standard InChI is InChI=1S/C35H34O14/c1-20(36)42-19-29-30(45-22(3)38)31(46-23(4)39)32(49-33(40)24-12-6-5-7-13-24)35(48-29)47-27-16-10-8-14-25(27)18-43-34(41)26-15-9-11-17-28(26)44-21(2)37/h5-17,29-32,35H,18-19H2,1-4H3. The van der Waals surface area contributed by atoms with E-state index >= 15 is 0 Å². The highest BCUT2D eigenvalue weighted by atomic mass is 16.7. The van der Waals surface area contributed by atoms with Crippen molar-refractivity contribution in [2.45, 2.75) is 65.0 Å². The van der Waals surface area contributed by atoms with Crippen LogP contribution < -0.4 is 9.47 Å². The van der Waals surface area contributed by atoms with Crippen LogP contribution in [0.1, 0.15) is 54.0 Å². The monoisotopic (exact) mass is 678 g/mol. The van der Waals surface area contributed by atoms with Gasteiger partial charge in [-0.25, -0.2) is 9.59 Å². The summed E-state index contributed by atoms with van der Waals surface area (Å²) in [6, 6.07) is 20.4. The zero-order valence-corrected chi connectivity index (χ0v) is 27.0. The Hall–Kier alpha value is -5.76. The number of carbonyl (C=O) groups is 6. The van der Waals surface area contributed by atoms with Crippen molar-refractivity contribution in [2.24, 2.45) is 0 Å². The Morgan fingerprint density at radius 1 is 0.592 bits per heavy atom. The van der Waals surface area contributed by atoms with Crippen LogP contribution in [0.15, 0.2) is 78.9 Å². The fourth-order valence-electron chi connectivity index (χ4n) is 4.82. The summed E-state index contributed by atoms with van der Waals surface area (Å²) in [5.74, 6) is -4.40. The van der Waals surface area contributed by atoms with Gasteiger partial charge in [0.25, 0.3) is 0 Å². The van der Waals surface area contributed by atoms with E-state index < -0.39 is 73.1 Å². The van der Waals surface area contributed by atoms with Crippen LogP contribution in [0.3, 0.4) is 0 Å². The average molecular weight is 679 g/mol. The zero-order chi connectivity index (χ0) is 35.5. The molecule has 0 N–H and O–H groups in total. The summed E-state index contributed by atoms with van der Waals surface area (Å²) in [5.41, 5.74) is 0.490. The van der Waals surface area contributed by atoms with E-state index in [0.29, 0.717) is 5.56 Å². The van der Waals surface area contributed by atoms with Crippen molar-refractivity contribution in [1.29, 1.82) is 0 Å². The number of carbonyl (C=O) groups excluding carboxylic acids is 6. The Bertz CT molecular complexity index is 1670. The number of rotatable bonds is 12. The van der Waals surface area contributed by atoms with Gasteiger partial charge in [-0.3, -0.25) is 19.2 Å². The molecule has 1 fully saturated rings. The van der Waals surface area contributed by atoms with Gasteiger partial charge in [0, 0.05) is 33.3 Å². The van der Waals surface area contributed by atoms with Crippen molar-refractivity contribution in [3.8, 4) is 11.5 Å². The molecule has 0 spiro atoms. The highest BCUT2D eigenvalue weighted by Gasteiger charge is 2.53. The van der Waals surface area contributed by atoms with E-state index in [1.165, 1.54) is 37.3 Å². The van der Waals surface area contributed by atoms with Crippen LogP contribution in [0, 0.1) is 0 Å². The van der Waals surface area contributed by atoms with Gasteiger partial charge in [0.2, 0.25) is 12.4 Å². The highest BCUT2D eigenvalue weighted by Crippen LogP contribution is 2.33. The van der Waals surface area contributed by atoms with Gasteiger partial charge in [-0.2, -0.15) is 0 Å². The van der Waals surface area contributed by atoms with Gasteiger partial charge >= 0.3 is 35.8 Å². The molecule has 5 atom stereocenters. The average Bonchev–Trinajstić information content (AvgIpc) is 3.05. The number of ether oxygens (including phenoxy) is 8. The lowest BCUT2D eigenvalue weighted by atomic mass is 9.98. The largest absolute Gasteiger partial charge is 0.463 e. The highest BCUT2D eigenvalue weighted by molar-refractivity contribution is 5.93. The first kappa shape index (κ1) is 36.1. The Kier molecular flexibility index (Phi) is 12.4. The van der Waals surface area contributed by atoms with Gasteiger partial charge < -0.3 is 37.9 Å². The Balaban J connectivity index is 1.67. The molecule has 0 saturated carbocycles. The summed E-state index contributed by atoms with van der Waals surface area (Å²) in [6.45, 7) is 3.80. The lowest BCUT2D eigenvalue weighted by Crippen LogP contribution is -2.63. The Labute approximate surface area is 281 Å².